The van der Waals surface area contributed by atoms with Crippen molar-refractivity contribution in [3.05, 3.63) is 51.5 Å². The topological polar surface area (TPSA) is 66.9 Å². The molecule has 0 atom stereocenters. The molecule has 0 fully saturated rings. The van der Waals surface area contributed by atoms with E-state index in [1.54, 1.807) is 24.1 Å². The molecule has 8 heteroatoms. The van der Waals surface area contributed by atoms with Crippen molar-refractivity contribution >= 4 is 37.5 Å². The molecule has 150 valence electrons. The quantitative estimate of drug-likeness (QED) is 0.689. The standard InChI is InChI=1S/C20H23BrN2O4S/c1-13-7-10-17(27-4)19-15(13)6-5-11-23(19)20(24)14-8-9-16(21)18(12-14)28(25,26)22(2)3/h7-10,12H,5-6,11H2,1-4H3. The molecule has 1 heterocycles. The molecule has 3 rings (SSSR count). The summed E-state index contributed by atoms with van der Waals surface area (Å²) in [5, 5.41) is 0. The van der Waals surface area contributed by atoms with Crippen molar-refractivity contribution in [2.24, 2.45) is 0 Å². The Hall–Kier alpha value is -1.90. The van der Waals surface area contributed by atoms with E-state index in [9.17, 15) is 13.2 Å². The molecule has 2 aromatic carbocycles. The molecule has 0 spiro atoms. The molecule has 0 aromatic heterocycles. The predicted molar refractivity (Wildman–Crippen MR) is 113 cm³/mol. The highest BCUT2D eigenvalue weighted by Gasteiger charge is 2.29. The normalized spacial score (nSPS) is 14.1. The third-order valence-corrected chi connectivity index (χ3v) is 7.77. The minimum atomic E-state index is -3.68. The minimum Gasteiger partial charge on any atom is -0.495 e. The average Bonchev–Trinajstić information content (AvgIpc) is 2.67. The Labute approximate surface area is 174 Å². The second kappa shape index (κ2) is 7.85. The Morgan fingerprint density at radius 3 is 2.57 bits per heavy atom. The van der Waals surface area contributed by atoms with E-state index in [1.807, 2.05) is 19.1 Å². The van der Waals surface area contributed by atoms with Gasteiger partial charge >= 0.3 is 0 Å². The number of carbonyl (C=O) groups is 1. The Bertz CT molecular complexity index is 1030. The molecule has 1 aliphatic rings. The fourth-order valence-electron chi connectivity index (χ4n) is 3.41. The van der Waals surface area contributed by atoms with Gasteiger partial charge in [0.25, 0.3) is 5.91 Å². The lowest BCUT2D eigenvalue weighted by Crippen LogP contribution is -2.36. The zero-order valence-electron chi connectivity index (χ0n) is 16.3. The van der Waals surface area contributed by atoms with Gasteiger partial charge in [-0.1, -0.05) is 6.07 Å². The summed E-state index contributed by atoms with van der Waals surface area (Å²) in [6.07, 6.45) is 1.72. The first-order chi connectivity index (χ1) is 13.2. The molecule has 0 unspecified atom stereocenters. The number of methoxy groups -OCH3 is 1. The van der Waals surface area contributed by atoms with Crippen LogP contribution < -0.4 is 9.64 Å². The van der Waals surface area contributed by atoms with E-state index in [1.165, 1.54) is 20.2 Å². The largest absolute Gasteiger partial charge is 0.495 e. The van der Waals surface area contributed by atoms with Gasteiger partial charge < -0.3 is 9.64 Å². The SMILES string of the molecule is COc1ccc(C)c2c1N(C(=O)c1ccc(Br)c(S(=O)(=O)N(C)C)c1)CCC2. The van der Waals surface area contributed by atoms with E-state index in [2.05, 4.69) is 15.9 Å². The fraction of sp³-hybridized carbons (Fsp3) is 0.350. The smallest absolute Gasteiger partial charge is 0.258 e. The van der Waals surface area contributed by atoms with Crippen molar-refractivity contribution in [1.82, 2.24) is 4.31 Å². The molecule has 6 nitrogen and oxygen atoms in total. The van der Waals surface area contributed by atoms with Crippen molar-refractivity contribution in [1.29, 1.82) is 0 Å². The number of anilines is 1. The third kappa shape index (κ3) is 3.56. The van der Waals surface area contributed by atoms with Gasteiger partial charge in [0.05, 0.1) is 17.7 Å². The summed E-state index contributed by atoms with van der Waals surface area (Å²) in [5.74, 6) is 0.402. The number of hydrogen-bond donors (Lipinski definition) is 0. The number of halogens is 1. The number of nitrogens with zero attached hydrogens (tertiary/aromatic N) is 2. The number of amides is 1. The van der Waals surface area contributed by atoms with Gasteiger partial charge in [0, 0.05) is 30.7 Å². The monoisotopic (exact) mass is 466 g/mol. The fourth-order valence-corrected chi connectivity index (χ4v) is 5.25. The molecule has 0 bridgehead atoms. The first kappa shape index (κ1) is 20.8. The van der Waals surface area contributed by atoms with E-state index < -0.39 is 10.0 Å². The van der Waals surface area contributed by atoms with E-state index >= 15 is 0 Å². The van der Waals surface area contributed by atoms with Crippen molar-refractivity contribution in [3.63, 3.8) is 0 Å². The lowest BCUT2D eigenvalue weighted by molar-refractivity contribution is 0.0984. The van der Waals surface area contributed by atoms with Crippen LogP contribution in [0, 0.1) is 6.92 Å². The van der Waals surface area contributed by atoms with Gasteiger partial charge in [-0.25, -0.2) is 12.7 Å². The zero-order valence-corrected chi connectivity index (χ0v) is 18.7. The van der Waals surface area contributed by atoms with Crippen LogP contribution in [0.15, 0.2) is 39.7 Å². The number of benzene rings is 2. The summed E-state index contributed by atoms with van der Waals surface area (Å²) in [4.78, 5) is 15.1. The van der Waals surface area contributed by atoms with Gasteiger partial charge in [-0.15, -0.1) is 0 Å². The van der Waals surface area contributed by atoms with E-state index in [0.717, 1.165) is 34.0 Å². The number of fused-ring (bicyclic) bond motifs is 1. The first-order valence-electron chi connectivity index (χ1n) is 8.89. The van der Waals surface area contributed by atoms with Crippen LogP contribution >= 0.6 is 15.9 Å². The number of carbonyl (C=O) groups excluding carboxylic acids is 1. The van der Waals surface area contributed by atoms with Gasteiger partial charge in [0.1, 0.15) is 5.75 Å². The van der Waals surface area contributed by atoms with E-state index in [-0.39, 0.29) is 10.8 Å². The maximum Gasteiger partial charge on any atom is 0.258 e. The van der Waals surface area contributed by atoms with Crippen LogP contribution in [-0.2, 0) is 16.4 Å². The highest BCUT2D eigenvalue weighted by molar-refractivity contribution is 9.10. The van der Waals surface area contributed by atoms with Crippen molar-refractivity contribution in [2.45, 2.75) is 24.7 Å². The lowest BCUT2D eigenvalue weighted by atomic mass is 9.95. The van der Waals surface area contributed by atoms with Gasteiger partial charge in [-0.05, 0) is 71.1 Å². The molecule has 0 aliphatic carbocycles. The van der Waals surface area contributed by atoms with Crippen LogP contribution in [0.4, 0.5) is 5.69 Å². The Morgan fingerprint density at radius 1 is 1.21 bits per heavy atom. The second-order valence-electron chi connectivity index (χ2n) is 6.90. The number of rotatable bonds is 4. The van der Waals surface area contributed by atoms with E-state index in [0.29, 0.717) is 22.3 Å². The number of sulfonamides is 1. The second-order valence-corrected chi connectivity index (χ2v) is 9.88. The first-order valence-corrected chi connectivity index (χ1v) is 11.1. The van der Waals surface area contributed by atoms with Crippen molar-refractivity contribution < 1.29 is 17.9 Å². The van der Waals surface area contributed by atoms with Crippen LogP contribution in [0.1, 0.15) is 27.9 Å². The number of aryl methyl sites for hydroxylation is 1. The van der Waals surface area contributed by atoms with Crippen LogP contribution in [0.5, 0.6) is 5.75 Å². The highest BCUT2D eigenvalue weighted by Crippen LogP contribution is 2.39. The number of hydrogen-bond acceptors (Lipinski definition) is 4. The molecule has 0 N–H and O–H groups in total. The molecule has 0 saturated heterocycles. The number of ether oxygens (including phenoxy) is 1. The van der Waals surface area contributed by atoms with Crippen LogP contribution in [0.3, 0.4) is 0 Å². The van der Waals surface area contributed by atoms with Gasteiger partial charge in [-0.3, -0.25) is 4.79 Å². The third-order valence-electron chi connectivity index (χ3n) is 4.96. The summed E-state index contributed by atoms with van der Waals surface area (Å²) in [6, 6.07) is 8.52. The van der Waals surface area contributed by atoms with Crippen LogP contribution in [-0.4, -0.2) is 46.4 Å². The molecule has 0 radical (unpaired) electrons. The Kier molecular flexibility index (Phi) is 5.84. The zero-order chi connectivity index (χ0) is 20.6. The van der Waals surface area contributed by atoms with Crippen molar-refractivity contribution in [3.8, 4) is 5.75 Å². The molecular weight excluding hydrogens is 444 g/mol. The van der Waals surface area contributed by atoms with Gasteiger partial charge in [0.15, 0.2) is 0 Å². The lowest BCUT2D eigenvalue weighted by Gasteiger charge is -2.32. The van der Waals surface area contributed by atoms with Gasteiger partial charge in [-0.2, -0.15) is 0 Å². The summed E-state index contributed by atoms with van der Waals surface area (Å²) in [5.41, 5.74) is 3.30. The summed E-state index contributed by atoms with van der Waals surface area (Å²) in [7, 11) is 0.830. The van der Waals surface area contributed by atoms with E-state index in [4.69, 9.17) is 4.74 Å². The molecular formula is C20H23BrN2O4S. The average molecular weight is 467 g/mol. The minimum absolute atomic E-state index is 0.0665. The molecule has 2 aromatic rings. The van der Waals surface area contributed by atoms with Crippen molar-refractivity contribution in [2.75, 3.05) is 32.6 Å². The summed E-state index contributed by atoms with van der Waals surface area (Å²) >= 11 is 3.29. The predicted octanol–water partition coefficient (Wildman–Crippen LogP) is 3.61. The Balaban J connectivity index is 2.10. The highest BCUT2D eigenvalue weighted by atomic mass is 79.9. The summed E-state index contributed by atoms with van der Waals surface area (Å²) < 4.78 is 32.3. The van der Waals surface area contributed by atoms with Crippen LogP contribution in [0.2, 0.25) is 0 Å². The summed E-state index contributed by atoms with van der Waals surface area (Å²) in [6.45, 7) is 2.57. The molecule has 1 aliphatic heterocycles. The molecule has 0 saturated carbocycles. The maximum absolute atomic E-state index is 13.3. The van der Waals surface area contributed by atoms with Gasteiger partial charge in [0.2, 0.25) is 10.0 Å². The molecule has 1 amide bonds. The maximum atomic E-state index is 13.3. The molecule has 28 heavy (non-hydrogen) atoms. The van der Waals surface area contributed by atoms with Crippen LogP contribution in [0.25, 0.3) is 0 Å². The Morgan fingerprint density at radius 2 is 1.93 bits per heavy atom.